The van der Waals surface area contributed by atoms with E-state index in [4.69, 9.17) is 9.47 Å². The highest BCUT2D eigenvalue weighted by atomic mass is 16.5. The third-order valence-electron chi connectivity index (χ3n) is 5.67. The Labute approximate surface area is 176 Å². The molecule has 0 radical (unpaired) electrons. The van der Waals surface area contributed by atoms with Crippen LogP contribution in [0.15, 0.2) is 60.4 Å². The van der Waals surface area contributed by atoms with Crippen LogP contribution in [-0.4, -0.2) is 34.2 Å². The number of aliphatic hydroxyl groups is 1. The van der Waals surface area contributed by atoms with E-state index in [1.807, 2.05) is 37.3 Å². The molecule has 2 aliphatic heterocycles. The maximum atomic E-state index is 12.9. The number of hydrogen-bond acceptors (Lipinski definition) is 5. The van der Waals surface area contributed by atoms with Gasteiger partial charge in [-0.1, -0.05) is 30.3 Å². The van der Waals surface area contributed by atoms with Crippen LogP contribution in [0, 0.1) is 11.3 Å². The number of nitrogens with zero attached hydrogens (tertiary/aromatic N) is 2. The molecule has 0 saturated heterocycles. The molecule has 2 aliphatic rings. The average Bonchev–Trinajstić information content (AvgIpc) is 3.08. The molecule has 30 heavy (non-hydrogen) atoms. The molecule has 3 atom stereocenters. The molecule has 2 aromatic carbocycles. The third-order valence-corrected chi connectivity index (χ3v) is 5.67. The number of amides is 1. The van der Waals surface area contributed by atoms with E-state index < -0.39 is 17.7 Å². The molecule has 154 valence electrons. The van der Waals surface area contributed by atoms with Crippen molar-refractivity contribution in [3.63, 3.8) is 0 Å². The topological polar surface area (TPSA) is 82.8 Å². The number of benzene rings is 2. The Morgan fingerprint density at radius 2 is 2.00 bits per heavy atom. The molecule has 0 fully saturated rings. The first kappa shape index (κ1) is 20.0. The van der Waals surface area contributed by atoms with Gasteiger partial charge in [0.15, 0.2) is 0 Å². The third kappa shape index (κ3) is 3.53. The Kier molecular flexibility index (Phi) is 5.00. The summed E-state index contributed by atoms with van der Waals surface area (Å²) in [6.45, 7) is 5.75. The first-order valence-electron chi connectivity index (χ1n) is 9.94. The lowest BCUT2D eigenvalue weighted by Crippen LogP contribution is -2.54. The van der Waals surface area contributed by atoms with Gasteiger partial charge in [-0.2, -0.15) is 5.26 Å². The fraction of sp³-hybridized carbons (Fsp3) is 0.333. The summed E-state index contributed by atoms with van der Waals surface area (Å²) in [4.78, 5) is 14.5. The van der Waals surface area contributed by atoms with Gasteiger partial charge in [0.05, 0.1) is 24.2 Å². The van der Waals surface area contributed by atoms with Crippen LogP contribution in [0.3, 0.4) is 0 Å². The second kappa shape index (κ2) is 7.51. The van der Waals surface area contributed by atoms with Crippen LogP contribution in [0.5, 0.6) is 5.75 Å². The average molecular weight is 404 g/mol. The van der Waals surface area contributed by atoms with E-state index in [9.17, 15) is 15.2 Å². The standard InChI is InChI=1S/C24H24N2O4/c1-15(17-7-5-4-6-8-17)29-18-12-21(27)26(14-18)22-19-11-16(13-25)9-10-20(19)30-24(2,3)23(22)28/h4-12,15,22-23,28H,14H2,1-3H3/t15?,22-,23+/m1/s1. The maximum Gasteiger partial charge on any atom is 0.251 e. The van der Waals surface area contributed by atoms with Gasteiger partial charge in [0.2, 0.25) is 0 Å². The predicted octanol–water partition coefficient (Wildman–Crippen LogP) is 3.64. The molecule has 0 bridgehead atoms. The molecule has 0 saturated carbocycles. The van der Waals surface area contributed by atoms with Crippen molar-refractivity contribution in [1.29, 1.82) is 5.26 Å². The molecule has 4 rings (SSSR count). The van der Waals surface area contributed by atoms with Gasteiger partial charge in [-0.05, 0) is 44.5 Å². The molecule has 1 unspecified atom stereocenters. The lowest BCUT2D eigenvalue weighted by Gasteiger charge is -2.45. The predicted molar refractivity (Wildman–Crippen MR) is 110 cm³/mol. The van der Waals surface area contributed by atoms with Crippen molar-refractivity contribution in [3.8, 4) is 11.8 Å². The quantitative estimate of drug-likeness (QED) is 0.841. The van der Waals surface area contributed by atoms with E-state index in [2.05, 4.69) is 6.07 Å². The summed E-state index contributed by atoms with van der Waals surface area (Å²) in [6.07, 6.45) is 0.295. The molecule has 6 nitrogen and oxygen atoms in total. The van der Waals surface area contributed by atoms with Gasteiger partial charge in [-0.15, -0.1) is 0 Å². The second-order valence-corrected chi connectivity index (χ2v) is 8.21. The Bertz CT molecular complexity index is 1040. The van der Waals surface area contributed by atoms with Gasteiger partial charge in [0.25, 0.3) is 5.91 Å². The molecule has 0 aromatic heterocycles. The molecule has 2 aromatic rings. The molecule has 0 aliphatic carbocycles. The van der Waals surface area contributed by atoms with E-state index in [1.165, 1.54) is 6.08 Å². The van der Waals surface area contributed by atoms with Gasteiger partial charge < -0.3 is 19.5 Å². The summed E-state index contributed by atoms with van der Waals surface area (Å²) in [5.74, 6) is 0.875. The number of ether oxygens (including phenoxy) is 2. The van der Waals surface area contributed by atoms with E-state index in [0.717, 1.165) is 5.56 Å². The van der Waals surface area contributed by atoms with Crippen LogP contribution in [0.1, 0.15) is 49.6 Å². The van der Waals surface area contributed by atoms with Gasteiger partial charge in [-0.25, -0.2) is 0 Å². The van der Waals surface area contributed by atoms with Gasteiger partial charge in [0, 0.05) is 11.6 Å². The number of carbonyl (C=O) groups is 1. The van der Waals surface area contributed by atoms with Crippen molar-refractivity contribution in [2.75, 3.05) is 6.54 Å². The molecule has 1 N–H and O–H groups in total. The van der Waals surface area contributed by atoms with E-state index in [1.54, 1.807) is 36.9 Å². The van der Waals surface area contributed by atoms with E-state index in [-0.39, 0.29) is 18.6 Å². The summed E-state index contributed by atoms with van der Waals surface area (Å²) in [6, 6.07) is 16.3. The minimum Gasteiger partial charge on any atom is -0.488 e. The first-order chi connectivity index (χ1) is 14.3. The lowest BCUT2D eigenvalue weighted by atomic mass is 9.85. The highest BCUT2D eigenvalue weighted by Gasteiger charge is 2.48. The molecule has 6 heteroatoms. The number of aliphatic hydroxyl groups excluding tert-OH is 1. The zero-order chi connectivity index (χ0) is 21.5. The van der Waals surface area contributed by atoms with Crippen molar-refractivity contribution in [2.45, 2.75) is 44.6 Å². The van der Waals surface area contributed by atoms with Crippen molar-refractivity contribution in [3.05, 3.63) is 77.1 Å². The number of hydrogen-bond donors (Lipinski definition) is 1. The summed E-state index contributed by atoms with van der Waals surface area (Å²) in [5, 5.41) is 20.4. The minimum atomic E-state index is -0.970. The summed E-state index contributed by atoms with van der Waals surface area (Å²) in [7, 11) is 0. The zero-order valence-corrected chi connectivity index (χ0v) is 17.2. The van der Waals surface area contributed by atoms with Crippen LogP contribution in [-0.2, 0) is 9.53 Å². The number of fused-ring (bicyclic) bond motifs is 1. The number of nitriles is 1. The lowest BCUT2D eigenvalue weighted by molar-refractivity contribution is -0.137. The van der Waals surface area contributed by atoms with Gasteiger partial charge in [0.1, 0.15) is 29.3 Å². The summed E-state index contributed by atoms with van der Waals surface area (Å²) in [5.41, 5.74) is 1.19. The monoisotopic (exact) mass is 404 g/mol. The van der Waals surface area contributed by atoms with E-state index in [0.29, 0.717) is 22.6 Å². The van der Waals surface area contributed by atoms with Crippen molar-refractivity contribution >= 4 is 5.91 Å². The second-order valence-electron chi connectivity index (χ2n) is 8.21. The zero-order valence-electron chi connectivity index (χ0n) is 17.2. The van der Waals surface area contributed by atoms with Crippen LogP contribution < -0.4 is 4.74 Å². The molecular formula is C24H24N2O4. The molecule has 2 heterocycles. The largest absolute Gasteiger partial charge is 0.488 e. The number of carbonyl (C=O) groups excluding carboxylic acids is 1. The van der Waals surface area contributed by atoms with Gasteiger partial charge >= 0.3 is 0 Å². The Balaban J connectivity index is 1.61. The van der Waals surface area contributed by atoms with Gasteiger partial charge in [-0.3, -0.25) is 4.79 Å². The first-order valence-corrected chi connectivity index (χ1v) is 9.94. The van der Waals surface area contributed by atoms with Crippen molar-refractivity contribution in [1.82, 2.24) is 4.90 Å². The van der Waals surface area contributed by atoms with Crippen LogP contribution >= 0.6 is 0 Å². The molecule has 1 amide bonds. The Morgan fingerprint density at radius 1 is 1.27 bits per heavy atom. The SMILES string of the molecule is CC(OC1=CC(=O)N([C@@H]2c3cc(C#N)ccc3OC(C)(C)[C@H]2O)C1)c1ccccc1. The molecular weight excluding hydrogens is 380 g/mol. The summed E-state index contributed by atoms with van der Waals surface area (Å²) < 4.78 is 12.0. The Morgan fingerprint density at radius 3 is 2.70 bits per heavy atom. The highest BCUT2D eigenvalue weighted by molar-refractivity contribution is 5.91. The van der Waals surface area contributed by atoms with Crippen LogP contribution in [0.25, 0.3) is 0 Å². The fourth-order valence-corrected chi connectivity index (χ4v) is 4.01. The molecule has 0 spiro atoms. The van der Waals surface area contributed by atoms with Crippen molar-refractivity contribution < 1.29 is 19.4 Å². The normalized spacial score (nSPS) is 23.1. The summed E-state index contributed by atoms with van der Waals surface area (Å²) >= 11 is 0. The highest BCUT2D eigenvalue weighted by Crippen LogP contribution is 2.44. The van der Waals surface area contributed by atoms with E-state index >= 15 is 0 Å². The smallest absolute Gasteiger partial charge is 0.251 e. The van der Waals surface area contributed by atoms with Crippen LogP contribution in [0.2, 0.25) is 0 Å². The Hall–Kier alpha value is -3.30. The minimum absolute atomic E-state index is 0.210. The maximum absolute atomic E-state index is 12.9. The van der Waals surface area contributed by atoms with Crippen molar-refractivity contribution in [2.24, 2.45) is 0 Å². The number of rotatable bonds is 4. The fourth-order valence-electron chi connectivity index (χ4n) is 4.01. The van der Waals surface area contributed by atoms with Crippen LogP contribution in [0.4, 0.5) is 0 Å².